The highest BCUT2D eigenvalue weighted by molar-refractivity contribution is 7.91. The SMILES string of the molecule is O=C(CC1NCCc2ccccc21)NC1CCS(=O)(=O)C1. The van der Waals surface area contributed by atoms with E-state index in [2.05, 4.69) is 22.8 Å². The standard InChI is InChI=1S/C15H20N2O3S/c18-15(17-12-6-8-21(19,20)10-12)9-14-13-4-2-1-3-11(13)5-7-16-14/h1-4,12,14,16H,5-10H2,(H,17,18). The van der Waals surface area contributed by atoms with E-state index < -0.39 is 9.84 Å². The first-order valence-corrected chi connectivity index (χ1v) is 9.16. The van der Waals surface area contributed by atoms with Gasteiger partial charge in [-0.15, -0.1) is 0 Å². The molecule has 2 heterocycles. The number of rotatable bonds is 3. The maximum absolute atomic E-state index is 12.1. The molecule has 1 fully saturated rings. The van der Waals surface area contributed by atoms with Crippen LogP contribution in [-0.2, 0) is 21.1 Å². The third-order valence-electron chi connectivity index (χ3n) is 4.20. The van der Waals surface area contributed by atoms with Crippen LogP contribution in [0.5, 0.6) is 0 Å². The van der Waals surface area contributed by atoms with E-state index in [0.717, 1.165) is 13.0 Å². The first-order valence-electron chi connectivity index (χ1n) is 7.34. The summed E-state index contributed by atoms with van der Waals surface area (Å²) in [5.41, 5.74) is 2.47. The molecule has 21 heavy (non-hydrogen) atoms. The zero-order valence-electron chi connectivity index (χ0n) is 11.8. The molecule has 0 bridgehead atoms. The van der Waals surface area contributed by atoms with Gasteiger partial charge in [-0.05, 0) is 30.5 Å². The fourth-order valence-electron chi connectivity index (χ4n) is 3.16. The van der Waals surface area contributed by atoms with Crippen LogP contribution in [0.1, 0.15) is 30.0 Å². The highest BCUT2D eigenvalue weighted by atomic mass is 32.2. The third-order valence-corrected chi connectivity index (χ3v) is 5.97. The average Bonchev–Trinajstić information content (AvgIpc) is 2.78. The van der Waals surface area contributed by atoms with E-state index >= 15 is 0 Å². The molecule has 0 saturated carbocycles. The average molecular weight is 308 g/mol. The molecule has 2 atom stereocenters. The molecule has 1 aromatic carbocycles. The van der Waals surface area contributed by atoms with Gasteiger partial charge < -0.3 is 10.6 Å². The number of benzene rings is 1. The van der Waals surface area contributed by atoms with Crippen molar-refractivity contribution in [2.75, 3.05) is 18.1 Å². The summed E-state index contributed by atoms with van der Waals surface area (Å²) in [6.07, 6.45) is 1.87. The minimum absolute atomic E-state index is 0.0213. The van der Waals surface area contributed by atoms with E-state index in [4.69, 9.17) is 0 Å². The van der Waals surface area contributed by atoms with Crippen LogP contribution in [0.3, 0.4) is 0 Å². The van der Waals surface area contributed by atoms with Crippen molar-refractivity contribution in [1.29, 1.82) is 0 Å². The van der Waals surface area contributed by atoms with E-state index in [1.165, 1.54) is 11.1 Å². The number of nitrogens with one attached hydrogen (secondary N) is 2. The molecule has 1 saturated heterocycles. The molecule has 2 unspecified atom stereocenters. The van der Waals surface area contributed by atoms with Crippen LogP contribution < -0.4 is 10.6 Å². The third kappa shape index (κ3) is 3.44. The second kappa shape index (κ2) is 5.77. The maximum atomic E-state index is 12.1. The number of fused-ring (bicyclic) bond motifs is 1. The van der Waals surface area contributed by atoms with Gasteiger partial charge in [-0.2, -0.15) is 0 Å². The van der Waals surface area contributed by atoms with Crippen LogP contribution in [0.2, 0.25) is 0 Å². The van der Waals surface area contributed by atoms with Crippen LogP contribution in [0.4, 0.5) is 0 Å². The molecule has 2 N–H and O–H groups in total. The fraction of sp³-hybridized carbons (Fsp3) is 0.533. The van der Waals surface area contributed by atoms with Crippen LogP contribution in [0.25, 0.3) is 0 Å². The highest BCUT2D eigenvalue weighted by Crippen LogP contribution is 2.25. The zero-order valence-corrected chi connectivity index (χ0v) is 12.7. The van der Waals surface area contributed by atoms with Crippen molar-refractivity contribution in [2.45, 2.75) is 31.3 Å². The van der Waals surface area contributed by atoms with Crippen molar-refractivity contribution in [1.82, 2.24) is 10.6 Å². The Labute approximate surface area is 125 Å². The lowest BCUT2D eigenvalue weighted by Gasteiger charge is -2.27. The Balaban J connectivity index is 1.61. The van der Waals surface area contributed by atoms with E-state index in [-0.39, 0.29) is 29.5 Å². The van der Waals surface area contributed by atoms with Crippen molar-refractivity contribution in [3.05, 3.63) is 35.4 Å². The summed E-state index contributed by atoms with van der Waals surface area (Å²) < 4.78 is 22.8. The molecule has 0 aliphatic carbocycles. The van der Waals surface area contributed by atoms with Crippen LogP contribution in [0.15, 0.2) is 24.3 Å². The number of hydrogen-bond donors (Lipinski definition) is 2. The maximum Gasteiger partial charge on any atom is 0.222 e. The molecule has 1 aromatic rings. The minimum Gasteiger partial charge on any atom is -0.352 e. The van der Waals surface area contributed by atoms with Crippen LogP contribution >= 0.6 is 0 Å². The van der Waals surface area contributed by atoms with Gasteiger partial charge in [0.2, 0.25) is 5.91 Å². The predicted molar refractivity (Wildman–Crippen MR) is 80.7 cm³/mol. The number of amides is 1. The van der Waals surface area contributed by atoms with E-state index in [1.54, 1.807) is 0 Å². The summed E-state index contributed by atoms with van der Waals surface area (Å²) in [5.74, 6) is 0.182. The number of sulfone groups is 1. The monoisotopic (exact) mass is 308 g/mol. The second-order valence-corrected chi connectivity index (χ2v) is 8.06. The second-order valence-electron chi connectivity index (χ2n) is 5.83. The molecule has 2 aliphatic rings. The topological polar surface area (TPSA) is 75.3 Å². The Kier molecular flexibility index (Phi) is 3.99. The summed E-state index contributed by atoms with van der Waals surface area (Å²) in [5, 5.41) is 6.22. The Morgan fingerprint density at radius 2 is 2.14 bits per heavy atom. The largest absolute Gasteiger partial charge is 0.352 e. The van der Waals surface area contributed by atoms with Gasteiger partial charge in [-0.3, -0.25) is 4.79 Å². The summed E-state index contributed by atoms with van der Waals surface area (Å²) in [6, 6.07) is 7.96. The molecule has 6 heteroatoms. The Morgan fingerprint density at radius 1 is 1.33 bits per heavy atom. The molecular formula is C15H20N2O3S. The highest BCUT2D eigenvalue weighted by Gasteiger charge is 2.30. The summed E-state index contributed by atoms with van der Waals surface area (Å²) in [6.45, 7) is 0.868. The van der Waals surface area contributed by atoms with E-state index in [9.17, 15) is 13.2 Å². The molecule has 0 aromatic heterocycles. The van der Waals surface area contributed by atoms with Gasteiger partial charge >= 0.3 is 0 Å². The van der Waals surface area contributed by atoms with Gasteiger partial charge in [0.1, 0.15) is 0 Å². The smallest absolute Gasteiger partial charge is 0.222 e. The molecule has 3 rings (SSSR count). The van der Waals surface area contributed by atoms with Crippen molar-refractivity contribution in [3.8, 4) is 0 Å². The molecular weight excluding hydrogens is 288 g/mol. The minimum atomic E-state index is -2.95. The number of hydrogen-bond acceptors (Lipinski definition) is 4. The van der Waals surface area contributed by atoms with Crippen LogP contribution in [-0.4, -0.2) is 38.4 Å². The summed E-state index contributed by atoms with van der Waals surface area (Å²) in [7, 11) is -2.95. The lowest BCUT2D eigenvalue weighted by atomic mass is 9.92. The Morgan fingerprint density at radius 3 is 2.90 bits per heavy atom. The van der Waals surface area contributed by atoms with Gasteiger partial charge in [-0.1, -0.05) is 24.3 Å². The molecule has 1 amide bonds. The van der Waals surface area contributed by atoms with Gasteiger partial charge in [0.05, 0.1) is 11.5 Å². The van der Waals surface area contributed by atoms with Gasteiger partial charge in [0, 0.05) is 18.5 Å². The first-order chi connectivity index (χ1) is 10.0. The molecule has 0 spiro atoms. The fourth-order valence-corrected chi connectivity index (χ4v) is 4.83. The summed E-state index contributed by atoms with van der Waals surface area (Å²) in [4.78, 5) is 12.1. The predicted octanol–water partition coefficient (Wildman–Crippen LogP) is 0.567. The van der Waals surface area contributed by atoms with Gasteiger partial charge in [0.15, 0.2) is 9.84 Å². The summed E-state index contributed by atoms with van der Waals surface area (Å²) >= 11 is 0. The van der Waals surface area contributed by atoms with E-state index in [0.29, 0.717) is 12.8 Å². The lowest BCUT2D eigenvalue weighted by Crippen LogP contribution is -2.39. The molecule has 5 nitrogen and oxygen atoms in total. The lowest BCUT2D eigenvalue weighted by molar-refractivity contribution is -0.122. The molecule has 114 valence electrons. The first kappa shape index (κ1) is 14.5. The van der Waals surface area contributed by atoms with E-state index in [1.807, 2.05) is 12.1 Å². The van der Waals surface area contributed by atoms with Crippen molar-refractivity contribution in [2.24, 2.45) is 0 Å². The van der Waals surface area contributed by atoms with Crippen molar-refractivity contribution < 1.29 is 13.2 Å². The Bertz CT molecular complexity index is 642. The quantitative estimate of drug-likeness (QED) is 0.856. The zero-order chi connectivity index (χ0) is 14.9. The number of carbonyl (C=O) groups excluding carboxylic acids is 1. The van der Waals surface area contributed by atoms with Crippen molar-refractivity contribution in [3.63, 3.8) is 0 Å². The Hall–Kier alpha value is -1.40. The normalized spacial score (nSPS) is 27.0. The number of carbonyl (C=O) groups is 1. The molecule has 0 radical (unpaired) electrons. The molecule has 2 aliphatic heterocycles. The van der Waals surface area contributed by atoms with Gasteiger partial charge in [-0.25, -0.2) is 8.42 Å². The van der Waals surface area contributed by atoms with Gasteiger partial charge in [0.25, 0.3) is 0 Å². The van der Waals surface area contributed by atoms with Crippen LogP contribution in [0, 0.1) is 0 Å². The van der Waals surface area contributed by atoms with Crippen molar-refractivity contribution >= 4 is 15.7 Å².